The number of benzene rings is 1. The first-order valence-electron chi connectivity index (χ1n) is 5.76. The van der Waals surface area contributed by atoms with Gasteiger partial charge in [-0.15, -0.1) is 0 Å². The summed E-state index contributed by atoms with van der Waals surface area (Å²) in [5.41, 5.74) is 0.811. The van der Waals surface area contributed by atoms with Gasteiger partial charge in [0.25, 0.3) is 0 Å². The summed E-state index contributed by atoms with van der Waals surface area (Å²) in [6.45, 7) is 0.357. The van der Waals surface area contributed by atoms with Gasteiger partial charge in [0, 0.05) is 13.2 Å². The van der Waals surface area contributed by atoms with Crippen LogP contribution < -0.4 is 4.74 Å². The third-order valence-corrected chi connectivity index (χ3v) is 2.55. The number of rotatable bonds is 4. The fourth-order valence-electron chi connectivity index (χ4n) is 1.56. The first-order valence-corrected chi connectivity index (χ1v) is 6.14. The summed E-state index contributed by atoms with van der Waals surface area (Å²) >= 11 is 5.55. The van der Waals surface area contributed by atoms with E-state index in [0.29, 0.717) is 12.4 Å². The van der Waals surface area contributed by atoms with Crippen LogP contribution in [0, 0.1) is 0 Å². The average Bonchev–Trinajstić information content (AvgIpc) is 2.38. The minimum absolute atomic E-state index is 0.281. The van der Waals surface area contributed by atoms with E-state index in [1.807, 2.05) is 0 Å². The molecular weight excluding hydrogens is 309 g/mol. The van der Waals surface area contributed by atoms with Crippen molar-refractivity contribution >= 4 is 11.6 Å². The van der Waals surface area contributed by atoms with Crippen molar-refractivity contribution in [3.8, 4) is 11.6 Å². The van der Waals surface area contributed by atoms with E-state index in [4.69, 9.17) is 21.1 Å². The molecule has 0 aliphatic carbocycles. The molecule has 0 saturated heterocycles. The van der Waals surface area contributed by atoms with Gasteiger partial charge >= 0.3 is 6.18 Å². The Bertz CT molecular complexity index is 635. The van der Waals surface area contributed by atoms with Crippen LogP contribution in [0.3, 0.4) is 0 Å². The van der Waals surface area contributed by atoms with Crippen LogP contribution in [0.4, 0.5) is 13.2 Å². The summed E-state index contributed by atoms with van der Waals surface area (Å²) in [7, 11) is 1.54. The Morgan fingerprint density at radius 3 is 2.62 bits per heavy atom. The lowest BCUT2D eigenvalue weighted by Gasteiger charge is -2.09. The molecule has 0 bridgehead atoms. The Labute approximate surface area is 123 Å². The molecule has 0 aliphatic rings. The van der Waals surface area contributed by atoms with Crippen molar-refractivity contribution in [2.75, 3.05) is 7.11 Å². The maximum absolute atomic E-state index is 12.6. The summed E-state index contributed by atoms with van der Waals surface area (Å²) in [5, 5.41) is -0.347. The van der Waals surface area contributed by atoms with Gasteiger partial charge in [0.2, 0.25) is 11.7 Å². The van der Waals surface area contributed by atoms with E-state index >= 15 is 0 Å². The molecule has 2 rings (SSSR count). The zero-order chi connectivity index (χ0) is 15.5. The quantitative estimate of drug-likeness (QED) is 0.797. The highest BCUT2D eigenvalue weighted by Gasteiger charge is 2.35. The van der Waals surface area contributed by atoms with Crippen molar-refractivity contribution in [2.24, 2.45) is 0 Å². The van der Waals surface area contributed by atoms with Gasteiger partial charge in [-0.05, 0) is 17.7 Å². The molecule has 1 heterocycles. The van der Waals surface area contributed by atoms with Crippen molar-refractivity contribution in [3.63, 3.8) is 0 Å². The van der Waals surface area contributed by atoms with Crippen LogP contribution in [-0.2, 0) is 17.5 Å². The number of aromatic nitrogens is 2. The third-order valence-electron chi connectivity index (χ3n) is 2.36. The Morgan fingerprint density at radius 2 is 1.95 bits per heavy atom. The van der Waals surface area contributed by atoms with Gasteiger partial charge in [-0.1, -0.05) is 23.7 Å². The van der Waals surface area contributed by atoms with E-state index in [9.17, 15) is 13.2 Å². The van der Waals surface area contributed by atoms with Crippen LogP contribution in [0.1, 0.15) is 11.4 Å². The van der Waals surface area contributed by atoms with Crippen molar-refractivity contribution in [1.29, 1.82) is 0 Å². The SMILES string of the molecule is COCc1cccc(Oc2cc(Cl)nc(C(F)(F)F)n2)c1. The van der Waals surface area contributed by atoms with E-state index in [0.717, 1.165) is 11.6 Å². The molecular formula is C13H10ClF3N2O2. The topological polar surface area (TPSA) is 44.2 Å². The minimum Gasteiger partial charge on any atom is -0.439 e. The second kappa shape index (κ2) is 6.28. The molecule has 0 saturated carbocycles. The highest BCUT2D eigenvalue weighted by atomic mass is 35.5. The highest BCUT2D eigenvalue weighted by molar-refractivity contribution is 6.29. The predicted molar refractivity (Wildman–Crippen MR) is 69.3 cm³/mol. The lowest BCUT2D eigenvalue weighted by Crippen LogP contribution is -2.11. The van der Waals surface area contributed by atoms with Crippen LogP contribution in [0.15, 0.2) is 30.3 Å². The molecule has 21 heavy (non-hydrogen) atoms. The predicted octanol–water partition coefficient (Wildman–Crippen LogP) is 4.09. The normalized spacial score (nSPS) is 11.5. The Kier molecular flexibility index (Phi) is 4.64. The van der Waals surface area contributed by atoms with E-state index < -0.39 is 12.0 Å². The Hall–Kier alpha value is -1.86. The van der Waals surface area contributed by atoms with Gasteiger partial charge in [0.1, 0.15) is 10.9 Å². The van der Waals surface area contributed by atoms with E-state index in [1.165, 1.54) is 7.11 Å². The van der Waals surface area contributed by atoms with Crippen molar-refractivity contribution in [3.05, 3.63) is 46.9 Å². The standard InChI is InChI=1S/C13H10ClF3N2O2/c1-20-7-8-3-2-4-9(5-8)21-11-6-10(14)18-12(19-11)13(15,16)17/h2-6H,7H2,1H3. The number of nitrogens with zero attached hydrogens (tertiary/aromatic N) is 2. The number of hydrogen-bond donors (Lipinski definition) is 0. The number of alkyl halides is 3. The van der Waals surface area contributed by atoms with Crippen LogP contribution in [0.2, 0.25) is 5.15 Å². The monoisotopic (exact) mass is 318 g/mol. The maximum atomic E-state index is 12.6. The van der Waals surface area contributed by atoms with Crippen LogP contribution in [0.5, 0.6) is 11.6 Å². The van der Waals surface area contributed by atoms with Crippen molar-refractivity contribution in [2.45, 2.75) is 12.8 Å². The highest BCUT2D eigenvalue weighted by Crippen LogP contribution is 2.30. The molecule has 0 unspecified atom stereocenters. The van der Waals surface area contributed by atoms with Gasteiger partial charge in [0.05, 0.1) is 6.61 Å². The lowest BCUT2D eigenvalue weighted by atomic mass is 10.2. The smallest absolute Gasteiger partial charge is 0.439 e. The summed E-state index contributed by atoms with van der Waals surface area (Å²) in [4.78, 5) is 6.42. The van der Waals surface area contributed by atoms with Crippen LogP contribution in [-0.4, -0.2) is 17.1 Å². The molecule has 0 fully saturated rings. The molecule has 0 spiro atoms. The number of hydrogen-bond acceptors (Lipinski definition) is 4. The summed E-state index contributed by atoms with van der Waals surface area (Å²) in [5.74, 6) is -1.30. The molecule has 0 atom stereocenters. The van der Waals surface area contributed by atoms with Crippen molar-refractivity contribution < 1.29 is 22.6 Å². The van der Waals surface area contributed by atoms with Gasteiger partial charge in [-0.2, -0.15) is 18.2 Å². The maximum Gasteiger partial charge on any atom is 0.451 e. The fourth-order valence-corrected chi connectivity index (χ4v) is 1.74. The lowest BCUT2D eigenvalue weighted by molar-refractivity contribution is -0.145. The molecule has 1 aromatic heterocycles. The molecule has 2 aromatic rings. The molecule has 0 aliphatic heterocycles. The Balaban J connectivity index is 2.27. The fraction of sp³-hybridized carbons (Fsp3) is 0.231. The second-order valence-electron chi connectivity index (χ2n) is 4.03. The van der Waals surface area contributed by atoms with E-state index in [-0.39, 0.29) is 11.0 Å². The van der Waals surface area contributed by atoms with Crippen LogP contribution >= 0.6 is 11.6 Å². The summed E-state index contributed by atoms with van der Waals surface area (Å²) in [6.07, 6.45) is -4.69. The third kappa shape index (κ3) is 4.30. The second-order valence-corrected chi connectivity index (χ2v) is 4.42. The zero-order valence-electron chi connectivity index (χ0n) is 10.8. The molecule has 0 amide bonds. The molecule has 4 nitrogen and oxygen atoms in total. The van der Waals surface area contributed by atoms with Crippen LogP contribution in [0.25, 0.3) is 0 Å². The van der Waals surface area contributed by atoms with E-state index in [1.54, 1.807) is 24.3 Å². The first-order chi connectivity index (χ1) is 9.88. The molecule has 0 N–H and O–H groups in total. The molecule has 1 aromatic carbocycles. The minimum atomic E-state index is -4.69. The summed E-state index contributed by atoms with van der Waals surface area (Å²) in [6, 6.07) is 7.82. The van der Waals surface area contributed by atoms with Gasteiger partial charge < -0.3 is 9.47 Å². The number of methoxy groups -OCH3 is 1. The van der Waals surface area contributed by atoms with Gasteiger partial charge in [-0.3, -0.25) is 0 Å². The van der Waals surface area contributed by atoms with Gasteiger partial charge in [-0.25, -0.2) is 4.98 Å². The number of halogens is 4. The van der Waals surface area contributed by atoms with E-state index in [2.05, 4.69) is 9.97 Å². The molecule has 0 radical (unpaired) electrons. The van der Waals surface area contributed by atoms with Gasteiger partial charge in [0.15, 0.2) is 0 Å². The molecule has 112 valence electrons. The number of ether oxygens (including phenoxy) is 2. The average molecular weight is 319 g/mol. The summed E-state index contributed by atoms with van der Waals surface area (Å²) < 4.78 is 48.0. The van der Waals surface area contributed by atoms with Crippen molar-refractivity contribution in [1.82, 2.24) is 9.97 Å². The zero-order valence-corrected chi connectivity index (χ0v) is 11.6. The Morgan fingerprint density at radius 1 is 1.19 bits per heavy atom. The first kappa shape index (κ1) is 15.5. The molecule has 8 heteroatoms. The largest absolute Gasteiger partial charge is 0.451 e.